The molecule has 0 saturated heterocycles. The normalized spacial score (nSPS) is 10.8. The van der Waals surface area contributed by atoms with Crippen LogP contribution >= 0.6 is 0 Å². The topological polar surface area (TPSA) is 42.4 Å². The molecular weight excluding hydrogens is 269 g/mol. The van der Waals surface area contributed by atoms with Gasteiger partial charge in [0.05, 0.1) is 12.1 Å². The SMILES string of the molecule is OCc1cc(OCc2ccccc2F)nc2ccccc12. The molecule has 1 N–H and O–H groups in total. The number of pyridine rings is 1. The Balaban J connectivity index is 1.89. The van der Waals surface area contributed by atoms with Gasteiger partial charge in [0.15, 0.2) is 0 Å². The zero-order valence-corrected chi connectivity index (χ0v) is 11.3. The third kappa shape index (κ3) is 2.85. The molecule has 0 aliphatic carbocycles. The molecule has 106 valence electrons. The largest absolute Gasteiger partial charge is 0.473 e. The molecule has 0 radical (unpaired) electrons. The van der Waals surface area contributed by atoms with Crippen LogP contribution in [-0.2, 0) is 13.2 Å². The third-order valence-corrected chi connectivity index (χ3v) is 3.28. The highest BCUT2D eigenvalue weighted by atomic mass is 19.1. The van der Waals surface area contributed by atoms with E-state index in [1.54, 1.807) is 24.3 Å². The van der Waals surface area contributed by atoms with Crippen molar-refractivity contribution < 1.29 is 14.2 Å². The number of para-hydroxylation sites is 1. The van der Waals surface area contributed by atoms with Gasteiger partial charge in [-0.3, -0.25) is 0 Å². The number of nitrogens with zero attached hydrogens (tertiary/aromatic N) is 1. The van der Waals surface area contributed by atoms with Crippen LogP contribution in [0.1, 0.15) is 11.1 Å². The summed E-state index contributed by atoms with van der Waals surface area (Å²) >= 11 is 0. The van der Waals surface area contributed by atoms with Crippen molar-refractivity contribution in [3.8, 4) is 5.88 Å². The van der Waals surface area contributed by atoms with Crippen molar-refractivity contribution in [1.29, 1.82) is 0 Å². The summed E-state index contributed by atoms with van der Waals surface area (Å²) in [6.07, 6.45) is 0. The van der Waals surface area contributed by atoms with Crippen molar-refractivity contribution in [2.75, 3.05) is 0 Å². The summed E-state index contributed by atoms with van der Waals surface area (Å²) in [5.74, 6) is 0.0710. The molecule has 0 spiro atoms. The summed E-state index contributed by atoms with van der Waals surface area (Å²) in [4.78, 5) is 4.37. The van der Waals surface area contributed by atoms with Crippen LogP contribution < -0.4 is 4.74 Å². The number of fused-ring (bicyclic) bond motifs is 1. The lowest BCUT2D eigenvalue weighted by molar-refractivity contribution is 0.275. The van der Waals surface area contributed by atoms with E-state index in [2.05, 4.69) is 4.98 Å². The number of halogens is 1. The molecule has 0 unspecified atom stereocenters. The molecular formula is C17H14FNO2. The van der Waals surface area contributed by atoms with Crippen LogP contribution in [0.2, 0.25) is 0 Å². The van der Waals surface area contributed by atoms with Gasteiger partial charge in [-0.25, -0.2) is 9.37 Å². The number of rotatable bonds is 4. The van der Waals surface area contributed by atoms with Crippen molar-refractivity contribution in [1.82, 2.24) is 4.98 Å². The zero-order valence-electron chi connectivity index (χ0n) is 11.3. The number of hydrogen-bond donors (Lipinski definition) is 1. The maximum atomic E-state index is 13.6. The van der Waals surface area contributed by atoms with Crippen LogP contribution in [0.5, 0.6) is 5.88 Å². The molecule has 4 heteroatoms. The van der Waals surface area contributed by atoms with Crippen molar-refractivity contribution in [3.05, 3.63) is 71.5 Å². The minimum atomic E-state index is -0.305. The summed E-state index contributed by atoms with van der Waals surface area (Å²) < 4.78 is 19.1. The van der Waals surface area contributed by atoms with E-state index >= 15 is 0 Å². The summed E-state index contributed by atoms with van der Waals surface area (Å²) in [5, 5.41) is 10.3. The molecule has 0 fully saturated rings. The van der Waals surface area contributed by atoms with Crippen molar-refractivity contribution in [2.24, 2.45) is 0 Å². The van der Waals surface area contributed by atoms with E-state index < -0.39 is 0 Å². The first-order valence-corrected chi connectivity index (χ1v) is 6.63. The Labute approximate surface area is 121 Å². The fourth-order valence-electron chi connectivity index (χ4n) is 2.19. The van der Waals surface area contributed by atoms with Gasteiger partial charge in [0, 0.05) is 17.0 Å². The first kappa shape index (κ1) is 13.5. The summed E-state index contributed by atoms with van der Waals surface area (Å²) in [6, 6.07) is 15.7. The molecule has 3 aromatic rings. The molecule has 0 aliphatic heterocycles. The van der Waals surface area contributed by atoms with Gasteiger partial charge in [-0.05, 0) is 17.7 Å². The van der Waals surface area contributed by atoms with Gasteiger partial charge in [0.2, 0.25) is 5.88 Å². The van der Waals surface area contributed by atoms with Crippen LogP contribution in [0.3, 0.4) is 0 Å². The Morgan fingerprint density at radius 2 is 1.76 bits per heavy atom. The second kappa shape index (κ2) is 5.89. The molecule has 1 aromatic heterocycles. The maximum Gasteiger partial charge on any atom is 0.214 e. The van der Waals surface area contributed by atoms with Crippen molar-refractivity contribution in [2.45, 2.75) is 13.2 Å². The Hall–Kier alpha value is -2.46. The lowest BCUT2D eigenvalue weighted by Crippen LogP contribution is -2.01. The maximum absolute atomic E-state index is 13.6. The number of ether oxygens (including phenoxy) is 1. The monoisotopic (exact) mass is 283 g/mol. The van der Waals surface area contributed by atoms with Crippen molar-refractivity contribution >= 4 is 10.9 Å². The molecule has 0 amide bonds. The highest BCUT2D eigenvalue weighted by Crippen LogP contribution is 2.22. The minimum absolute atomic E-state index is 0.0981. The Kier molecular flexibility index (Phi) is 3.79. The molecule has 2 aromatic carbocycles. The molecule has 3 nitrogen and oxygen atoms in total. The van der Waals surface area contributed by atoms with Gasteiger partial charge < -0.3 is 9.84 Å². The van der Waals surface area contributed by atoms with Gasteiger partial charge in [0.1, 0.15) is 12.4 Å². The van der Waals surface area contributed by atoms with E-state index in [1.807, 2.05) is 24.3 Å². The second-order valence-electron chi connectivity index (χ2n) is 4.67. The highest BCUT2D eigenvalue weighted by Gasteiger charge is 2.07. The van der Waals surface area contributed by atoms with Gasteiger partial charge in [-0.1, -0.05) is 36.4 Å². The van der Waals surface area contributed by atoms with E-state index in [1.165, 1.54) is 6.07 Å². The van der Waals surface area contributed by atoms with E-state index in [4.69, 9.17) is 4.74 Å². The van der Waals surface area contributed by atoms with Crippen LogP contribution in [0.4, 0.5) is 4.39 Å². The van der Waals surface area contributed by atoms with Crippen LogP contribution in [0, 0.1) is 5.82 Å². The molecule has 0 aliphatic rings. The predicted octanol–water partition coefficient (Wildman–Crippen LogP) is 3.45. The van der Waals surface area contributed by atoms with Crippen LogP contribution in [0.25, 0.3) is 10.9 Å². The number of aliphatic hydroxyl groups is 1. The predicted molar refractivity (Wildman–Crippen MR) is 78.4 cm³/mol. The van der Waals surface area contributed by atoms with Gasteiger partial charge in [0.25, 0.3) is 0 Å². The highest BCUT2D eigenvalue weighted by molar-refractivity contribution is 5.82. The Morgan fingerprint density at radius 3 is 2.57 bits per heavy atom. The lowest BCUT2D eigenvalue weighted by atomic mass is 10.1. The molecule has 0 saturated carbocycles. The number of benzene rings is 2. The van der Waals surface area contributed by atoms with Crippen LogP contribution in [-0.4, -0.2) is 10.1 Å². The smallest absolute Gasteiger partial charge is 0.214 e. The van der Waals surface area contributed by atoms with Crippen LogP contribution in [0.15, 0.2) is 54.6 Å². The minimum Gasteiger partial charge on any atom is -0.473 e. The van der Waals surface area contributed by atoms with E-state index in [9.17, 15) is 9.50 Å². The quantitative estimate of drug-likeness (QED) is 0.797. The molecule has 21 heavy (non-hydrogen) atoms. The first-order valence-electron chi connectivity index (χ1n) is 6.63. The Bertz CT molecular complexity index is 774. The summed E-state index contributed by atoms with van der Waals surface area (Å²) in [5.41, 5.74) is 1.95. The lowest BCUT2D eigenvalue weighted by Gasteiger charge is -2.10. The fourth-order valence-corrected chi connectivity index (χ4v) is 2.19. The molecule has 1 heterocycles. The number of hydrogen-bond acceptors (Lipinski definition) is 3. The molecule has 0 atom stereocenters. The molecule has 3 rings (SSSR count). The van der Waals surface area contributed by atoms with E-state index in [-0.39, 0.29) is 19.0 Å². The number of aliphatic hydroxyl groups excluding tert-OH is 1. The van der Waals surface area contributed by atoms with Gasteiger partial charge >= 0.3 is 0 Å². The summed E-state index contributed by atoms with van der Waals surface area (Å²) in [6.45, 7) is 0.00196. The van der Waals surface area contributed by atoms with E-state index in [0.29, 0.717) is 11.4 Å². The van der Waals surface area contributed by atoms with E-state index in [0.717, 1.165) is 16.5 Å². The average Bonchev–Trinajstić information content (AvgIpc) is 2.53. The van der Waals surface area contributed by atoms with Gasteiger partial charge in [-0.15, -0.1) is 0 Å². The average molecular weight is 283 g/mol. The third-order valence-electron chi connectivity index (χ3n) is 3.28. The second-order valence-corrected chi connectivity index (χ2v) is 4.67. The summed E-state index contributed by atoms with van der Waals surface area (Å²) in [7, 11) is 0. The number of aromatic nitrogens is 1. The standard InChI is InChI=1S/C17H14FNO2/c18-15-7-3-1-5-12(15)11-21-17-9-13(10-20)14-6-2-4-8-16(14)19-17/h1-9,20H,10-11H2. The molecule has 0 bridgehead atoms. The van der Waals surface area contributed by atoms with Gasteiger partial charge in [-0.2, -0.15) is 0 Å². The van der Waals surface area contributed by atoms with Crippen molar-refractivity contribution in [3.63, 3.8) is 0 Å². The first-order chi connectivity index (χ1) is 10.3. The Morgan fingerprint density at radius 1 is 1.00 bits per heavy atom. The zero-order chi connectivity index (χ0) is 14.7. The fraction of sp³-hybridized carbons (Fsp3) is 0.118.